The Kier molecular flexibility index (Phi) is 3.66. The zero-order valence-corrected chi connectivity index (χ0v) is 9.68. The van der Waals surface area contributed by atoms with E-state index in [2.05, 4.69) is 15.6 Å². The normalized spacial score (nSPS) is 19.2. The van der Waals surface area contributed by atoms with Crippen molar-refractivity contribution in [3.8, 4) is 0 Å². The number of hydrogen-bond donors (Lipinski definition) is 2. The number of amides is 3. The lowest BCUT2D eigenvalue weighted by Crippen LogP contribution is -2.52. The van der Waals surface area contributed by atoms with Crippen molar-refractivity contribution in [1.29, 1.82) is 0 Å². The van der Waals surface area contributed by atoms with Gasteiger partial charge in [0, 0.05) is 18.8 Å². The minimum atomic E-state index is -0.619. The number of aromatic nitrogens is 1. The number of nitrogens with one attached hydrogen (secondary N) is 2. The molecule has 94 valence electrons. The van der Waals surface area contributed by atoms with Crippen LogP contribution in [-0.2, 0) is 20.8 Å². The van der Waals surface area contributed by atoms with Crippen molar-refractivity contribution in [1.82, 2.24) is 15.6 Å². The highest BCUT2D eigenvalue weighted by Crippen LogP contribution is 2.05. The average molecular weight is 247 g/mol. The quantitative estimate of drug-likeness (QED) is 0.708. The molecule has 6 heteroatoms. The fraction of sp³-hybridized carbons (Fsp3) is 0.333. The summed E-state index contributed by atoms with van der Waals surface area (Å²) in [4.78, 5) is 38.0. The summed E-state index contributed by atoms with van der Waals surface area (Å²) in [6.45, 7) is 0. The van der Waals surface area contributed by atoms with Crippen LogP contribution in [0.25, 0.3) is 0 Å². The molecule has 0 unspecified atom stereocenters. The summed E-state index contributed by atoms with van der Waals surface area (Å²) < 4.78 is 0. The van der Waals surface area contributed by atoms with Crippen LogP contribution in [0.3, 0.4) is 0 Å². The molecule has 1 atom stereocenters. The maximum Gasteiger partial charge on any atom is 0.249 e. The minimum absolute atomic E-state index is 0.172. The van der Waals surface area contributed by atoms with E-state index in [1.54, 1.807) is 24.5 Å². The summed E-state index contributed by atoms with van der Waals surface area (Å²) in [6, 6.07) is 2.91. The van der Waals surface area contributed by atoms with Gasteiger partial charge < -0.3 is 5.32 Å². The Labute approximate surface area is 104 Å². The third-order valence-corrected chi connectivity index (χ3v) is 2.66. The van der Waals surface area contributed by atoms with Crippen molar-refractivity contribution in [2.75, 3.05) is 0 Å². The van der Waals surface area contributed by atoms with Crippen LogP contribution >= 0.6 is 0 Å². The van der Waals surface area contributed by atoms with Crippen molar-refractivity contribution in [3.05, 3.63) is 30.1 Å². The largest absolute Gasteiger partial charge is 0.344 e. The molecule has 3 amide bonds. The van der Waals surface area contributed by atoms with Gasteiger partial charge in [-0.15, -0.1) is 0 Å². The van der Waals surface area contributed by atoms with Gasteiger partial charge in [0.05, 0.1) is 6.42 Å². The van der Waals surface area contributed by atoms with Gasteiger partial charge in [0.1, 0.15) is 6.04 Å². The average Bonchev–Trinajstić information content (AvgIpc) is 2.34. The number of carbonyl (C=O) groups is 3. The fourth-order valence-corrected chi connectivity index (χ4v) is 1.76. The maximum atomic E-state index is 11.7. The molecule has 0 saturated carbocycles. The van der Waals surface area contributed by atoms with Gasteiger partial charge in [0.2, 0.25) is 17.7 Å². The van der Waals surface area contributed by atoms with Crippen LogP contribution in [0.2, 0.25) is 0 Å². The summed E-state index contributed by atoms with van der Waals surface area (Å²) in [5.74, 6) is -0.985. The molecule has 6 nitrogen and oxygen atoms in total. The monoisotopic (exact) mass is 247 g/mol. The van der Waals surface area contributed by atoms with Crippen LogP contribution in [0.1, 0.15) is 18.4 Å². The van der Waals surface area contributed by atoms with E-state index in [-0.39, 0.29) is 24.7 Å². The Bertz CT molecular complexity index is 473. The summed E-state index contributed by atoms with van der Waals surface area (Å²) >= 11 is 0. The Balaban J connectivity index is 1.88. The van der Waals surface area contributed by atoms with Crippen LogP contribution in [0.4, 0.5) is 0 Å². The molecule has 1 aliphatic heterocycles. The Morgan fingerprint density at radius 3 is 3.00 bits per heavy atom. The van der Waals surface area contributed by atoms with Gasteiger partial charge in [0.15, 0.2) is 0 Å². The predicted molar refractivity (Wildman–Crippen MR) is 62.3 cm³/mol. The molecule has 2 rings (SSSR count). The Morgan fingerprint density at radius 1 is 1.50 bits per heavy atom. The van der Waals surface area contributed by atoms with Crippen LogP contribution in [0, 0.1) is 0 Å². The van der Waals surface area contributed by atoms with Gasteiger partial charge in [-0.1, -0.05) is 6.07 Å². The first-order valence-corrected chi connectivity index (χ1v) is 5.67. The molecule has 1 saturated heterocycles. The van der Waals surface area contributed by atoms with E-state index in [4.69, 9.17) is 0 Å². The third kappa shape index (κ3) is 3.13. The molecular weight excluding hydrogens is 234 g/mol. The number of rotatable bonds is 3. The predicted octanol–water partition coefficient (Wildman–Crippen LogP) is -0.455. The molecule has 0 aromatic carbocycles. The number of piperidine rings is 1. The Morgan fingerprint density at radius 2 is 2.33 bits per heavy atom. The number of pyridine rings is 1. The topological polar surface area (TPSA) is 88.2 Å². The van der Waals surface area contributed by atoms with Crippen molar-refractivity contribution < 1.29 is 14.4 Å². The second-order valence-electron chi connectivity index (χ2n) is 4.11. The first-order valence-electron chi connectivity index (χ1n) is 5.67. The molecule has 18 heavy (non-hydrogen) atoms. The molecular formula is C12H13N3O3. The minimum Gasteiger partial charge on any atom is -0.344 e. The van der Waals surface area contributed by atoms with E-state index < -0.39 is 11.9 Å². The lowest BCUT2D eigenvalue weighted by Gasteiger charge is -2.21. The van der Waals surface area contributed by atoms with Gasteiger partial charge in [-0.3, -0.25) is 24.7 Å². The number of nitrogens with zero attached hydrogens (tertiary/aromatic N) is 1. The van der Waals surface area contributed by atoms with E-state index >= 15 is 0 Å². The van der Waals surface area contributed by atoms with E-state index in [0.29, 0.717) is 6.42 Å². The molecule has 1 aromatic heterocycles. The van der Waals surface area contributed by atoms with Crippen molar-refractivity contribution in [3.63, 3.8) is 0 Å². The second kappa shape index (κ2) is 5.39. The van der Waals surface area contributed by atoms with Gasteiger partial charge in [-0.25, -0.2) is 0 Å². The first kappa shape index (κ1) is 12.2. The van der Waals surface area contributed by atoms with Gasteiger partial charge in [-0.05, 0) is 18.1 Å². The smallest absolute Gasteiger partial charge is 0.249 e. The highest BCUT2D eigenvalue weighted by molar-refractivity contribution is 6.01. The molecule has 2 N–H and O–H groups in total. The molecule has 1 aliphatic rings. The lowest BCUT2D eigenvalue weighted by molar-refractivity contribution is -0.137. The highest BCUT2D eigenvalue weighted by Gasteiger charge is 2.27. The van der Waals surface area contributed by atoms with E-state index in [1.165, 1.54) is 0 Å². The molecule has 0 aliphatic carbocycles. The SMILES string of the molecule is O=C1CC[C@H](NC(=O)Cc2cccnc2)C(=O)N1. The first-order chi connectivity index (χ1) is 8.65. The standard InChI is InChI=1S/C12H13N3O3/c16-10-4-3-9(12(18)15-10)14-11(17)6-8-2-1-5-13-7-8/h1-2,5,7,9H,3-4,6H2,(H,14,17)(H,15,16,18)/t9-/m0/s1. The summed E-state index contributed by atoms with van der Waals surface area (Å²) in [7, 11) is 0. The highest BCUT2D eigenvalue weighted by atomic mass is 16.2. The molecule has 2 heterocycles. The summed E-state index contributed by atoms with van der Waals surface area (Å²) in [6.07, 6.45) is 4.00. The lowest BCUT2D eigenvalue weighted by atomic mass is 10.1. The third-order valence-electron chi connectivity index (χ3n) is 2.66. The molecule has 0 spiro atoms. The van der Waals surface area contributed by atoms with Gasteiger partial charge in [0.25, 0.3) is 0 Å². The van der Waals surface area contributed by atoms with Gasteiger partial charge >= 0.3 is 0 Å². The number of carbonyl (C=O) groups excluding carboxylic acids is 3. The van der Waals surface area contributed by atoms with Crippen LogP contribution in [0.5, 0.6) is 0 Å². The number of imide groups is 1. The summed E-state index contributed by atoms with van der Waals surface area (Å²) in [5, 5.41) is 4.80. The zero-order chi connectivity index (χ0) is 13.0. The van der Waals surface area contributed by atoms with Crippen molar-refractivity contribution >= 4 is 17.7 Å². The summed E-state index contributed by atoms with van der Waals surface area (Å²) in [5.41, 5.74) is 0.780. The number of hydrogen-bond acceptors (Lipinski definition) is 4. The maximum absolute atomic E-state index is 11.7. The van der Waals surface area contributed by atoms with E-state index in [9.17, 15) is 14.4 Å². The van der Waals surface area contributed by atoms with Crippen LogP contribution in [-0.4, -0.2) is 28.7 Å². The van der Waals surface area contributed by atoms with E-state index in [0.717, 1.165) is 5.56 Å². The van der Waals surface area contributed by atoms with Gasteiger partial charge in [-0.2, -0.15) is 0 Å². The molecule has 1 fully saturated rings. The van der Waals surface area contributed by atoms with Crippen LogP contribution in [0.15, 0.2) is 24.5 Å². The Hall–Kier alpha value is -2.24. The fourth-order valence-electron chi connectivity index (χ4n) is 1.76. The molecule has 0 radical (unpaired) electrons. The van der Waals surface area contributed by atoms with Crippen LogP contribution < -0.4 is 10.6 Å². The van der Waals surface area contributed by atoms with Crippen molar-refractivity contribution in [2.45, 2.75) is 25.3 Å². The zero-order valence-electron chi connectivity index (χ0n) is 9.68. The second-order valence-corrected chi connectivity index (χ2v) is 4.11. The molecule has 0 bridgehead atoms. The molecule has 1 aromatic rings. The van der Waals surface area contributed by atoms with Crippen molar-refractivity contribution in [2.24, 2.45) is 0 Å². The van der Waals surface area contributed by atoms with E-state index in [1.807, 2.05) is 0 Å².